The number of amides is 1. The van der Waals surface area contributed by atoms with Crippen LogP contribution in [0.3, 0.4) is 0 Å². The summed E-state index contributed by atoms with van der Waals surface area (Å²) < 4.78 is 0. The summed E-state index contributed by atoms with van der Waals surface area (Å²) in [5.41, 5.74) is 2.43. The first-order valence-corrected chi connectivity index (χ1v) is 6.80. The molecular weight excluding hydrogens is 274 g/mol. The third-order valence-electron chi connectivity index (χ3n) is 2.97. The monoisotopic (exact) mass is 289 g/mol. The van der Waals surface area contributed by atoms with Crippen LogP contribution in [0.4, 0.5) is 5.69 Å². The maximum absolute atomic E-state index is 11.9. The van der Waals surface area contributed by atoms with Crippen LogP contribution in [0.15, 0.2) is 48.5 Å². The Balaban J connectivity index is 1.91. The van der Waals surface area contributed by atoms with Gasteiger partial charge in [0.05, 0.1) is 6.61 Å². The molecule has 0 fully saturated rings. The van der Waals surface area contributed by atoms with Crippen LogP contribution in [0.1, 0.15) is 17.5 Å². The Morgan fingerprint density at radius 3 is 2.70 bits per heavy atom. The zero-order valence-electron chi connectivity index (χ0n) is 11.0. The Morgan fingerprint density at radius 1 is 1.15 bits per heavy atom. The SMILES string of the molecule is O=C(CCc1ccccc1Cl)Nc1cccc(CO)c1. The number of carbonyl (C=O) groups excluding carboxylic acids is 1. The average molecular weight is 290 g/mol. The summed E-state index contributed by atoms with van der Waals surface area (Å²) in [4.78, 5) is 11.9. The van der Waals surface area contributed by atoms with Crippen LogP contribution in [0.5, 0.6) is 0 Å². The number of aryl methyl sites for hydroxylation is 1. The second-order valence-electron chi connectivity index (χ2n) is 4.50. The number of hydrogen-bond donors (Lipinski definition) is 2. The summed E-state index contributed by atoms with van der Waals surface area (Å²) in [5.74, 6) is -0.0694. The second-order valence-corrected chi connectivity index (χ2v) is 4.91. The summed E-state index contributed by atoms with van der Waals surface area (Å²) in [7, 11) is 0. The molecule has 0 aliphatic rings. The van der Waals surface area contributed by atoms with E-state index < -0.39 is 0 Å². The van der Waals surface area contributed by atoms with E-state index in [0.29, 0.717) is 23.6 Å². The molecule has 1 amide bonds. The summed E-state index contributed by atoms with van der Waals surface area (Å²) in [6.45, 7) is -0.0384. The Bertz CT molecular complexity index is 599. The molecule has 0 saturated heterocycles. The van der Waals surface area contributed by atoms with E-state index >= 15 is 0 Å². The highest BCUT2D eigenvalue weighted by atomic mass is 35.5. The van der Waals surface area contributed by atoms with Crippen LogP contribution in [-0.4, -0.2) is 11.0 Å². The third-order valence-corrected chi connectivity index (χ3v) is 3.34. The van der Waals surface area contributed by atoms with Crippen molar-refractivity contribution in [2.75, 3.05) is 5.32 Å². The van der Waals surface area contributed by atoms with Crippen molar-refractivity contribution in [2.24, 2.45) is 0 Å². The maximum atomic E-state index is 11.9. The number of aliphatic hydroxyl groups excluding tert-OH is 1. The van der Waals surface area contributed by atoms with Crippen LogP contribution < -0.4 is 5.32 Å². The first-order valence-electron chi connectivity index (χ1n) is 6.42. The predicted molar refractivity (Wildman–Crippen MR) is 80.8 cm³/mol. The van der Waals surface area contributed by atoms with Gasteiger partial charge in [0.15, 0.2) is 0 Å². The molecule has 2 aromatic rings. The standard InChI is InChI=1S/C16H16ClNO2/c17-15-7-2-1-5-13(15)8-9-16(20)18-14-6-3-4-12(10-14)11-19/h1-7,10,19H,8-9,11H2,(H,18,20). The lowest BCUT2D eigenvalue weighted by Crippen LogP contribution is -2.12. The lowest BCUT2D eigenvalue weighted by molar-refractivity contribution is -0.116. The van der Waals surface area contributed by atoms with Crippen molar-refractivity contribution in [3.05, 3.63) is 64.7 Å². The molecule has 0 aliphatic carbocycles. The van der Waals surface area contributed by atoms with Crippen molar-refractivity contribution >= 4 is 23.2 Å². The number of benzene rings is 2. The van der Waals surface area contributed by atoms with Gasteiger partial charge in [-0.2, -0.15) is 0 Å². The number of hydrogen-bond acceptors (Lipinski definition) is 2. The highest BCUT2D eigenvalue weighted by Gasteiger charge is 2.05. The maximum Gasteiger partial charge on any atom is 0.224 e. The largest absolute Gasteiger partial charge is 0.392 e. The van der Waals surface area contributed by atoms with Crippen molar-refractivity contribution in [2.45, 2.75) is 19.4 Å². The molecule has 20 heavy (non-hydrogen) atoms. The fourth-order valence-electron chi connectivity index (χ4n) is 1.92. The molecule has 0 radical (unpaired) electrons. The van der Waals surface area contributed by atoms with E-state index in [2.05, 4.69) is 5.32 Å². The molecule has 2 N–H and O–H groups in total. The van der Waals surface area contributed by atoms with Gasteiger partial charge in [0, 0.05) is 17.1 Å². The number of aliphatic hydroxyl groups is 1. The van der Waals surface area contributed by atoms with Crippen LogP contribution in [0, 0.1) is 0 Å². The minimum absolute atomic E-state index is 0.0384. The normalized spacial score (nSPS) is 10.3. The zero-order chi connectivity index (χ0) is 14.4. The van der Waals surface area contributed by atoms with Crippen LogP contribution in [0.25, 0.3) is 0 Å². The summed E-state index contributed by atoms with van der Waals surface area (Å²) >= 11 is 6.05. The van der Waals surface area contributed by atoms with Gasteiger partial charge in [-0.25, -0.2) is 0 Å². The average Bonchev–Trinajstić information content (AvgIpc) is 2.46. The van der Waals surface area contributed by atoms with Gasteiger partial charge in [0.1, 0.15) is 0 Å². The van der Waals surface area contributed by atoms with Gasteiger partial charge >= 0.3 is 0 Å². The molecule has 0 bridgehead atoms. The number of carbonyl (C=O) groups is 1. The lowest BCUT2D eigenvalue weighted by Gasteiger charge is -2.07. The van der Waals surface area contributed by atoms with E-state index in [1.54, 1.807) is 24.3 Å². The number of nitrogens with one attached hydrogen (secondary N) is 1. The summed E-state index contributed by atoms with van der Waals surface area (Å²) in [5, 5.41) is 12.5. The number of anilines is 1. The molecule has 2 aromatic carbocycles. The van der Waals surface area contributed by atoms with E-state index in [-0.39, 0.29) is 12.5 Å². The molecule has 0 unspecified atom stereocenters. The minimum atomic E-state index is -0.0694. The molecular formula is C16H16ClNO2. The molecule has 2 rings (SSSR count). The van der Waals surface area contributed by atoms with Crippen LogP contribution >= 0.6 is 11.6 Å². The Kier molecular flexibility index (Phi) is 5.16. The quantitative estimate of drug-likeness (QED) is 0.886. The van der Waals surface area contributed by atoms with Gasteiger partial charge in [-0.3, -0.25) is 4.79 Å². The highest BCUT2D eigenvalue weighted by molar-refractivity contribution is 6.31. The second kappa shape index (κ2) is 7.08. The van der Waals surface area contributed by atoms with Gasteiger partial charge in [0.2, 0.25) is 5.91 Å². The zero-order valence-corrected chi connectivity index (χ0v) is 11.7. The van der Waals surface area contributed by atoms with Gasteiger partial charge < -0.3 is 10.4 Å². The first-order chi connectivity index (χ1) is 9.69. The Morgan fingerprint density at radius 2 is 1.95 bits per heavy atom. The van der Waals surface area contributed by atoms with Crippen LogP contribution in [0.2, 0.25) is 5.02 Å². The molecule has 0 spiro atoms. The number of rotatable bonds is 5. The highest BCUT2D eigenvalue weighted by Crippen LogP contribution is 2.17. The number of halogens is 1. The Labute approximate surface area is 123 Å². The van der Waals surface area contributed by atoms with Crippen molar-refractivity contribution in [1.29, 1.82) is 0 Å². The van der Waals surface area contributed by atoms with E-state index in [9.17, 15) is 4.79 Å². The Hall–Kier alpha value is -1.84. The van der Waals surface area contributed by atoms with E-state index in [1.165, 1.54) is 0 Å². The molecule has 0 aromatic heterocycles. The van der Waals surface area contributed by atoms with Gasteiger partial charge in [0.25, 0.3) is 0 Å². The fourth-order valence-corrected chi connectivity index (χ4v) is 2.15. The van der Waals surface area contributed by atoms with E-state index in [1.807, 2.05) is 24.3 Å². The molecule has 104 valence electrons. The van der Waals surface area contributed by atoms with Crippen molar-refractivity contribution in [3.8, 4) is 0 Å². The molecule has 0 atom stereocenters. The third kappa shape index (κ3) is 4.08. The van der Waals surface area contributed by atoms with Crippen molar-refractivity contribution in [3.63, 3.8) is 0 Å². The minimum Gasteiger partial charge on any atom is -0.392 e. The lowest BCUT2D eigenvalue weighted by atomic mass is 10.1. The van der Waals surface area contributed by atoms with Crippen LogP contribution in [-0.2, 0) is 17.8 Å². The van der Waals surface area contributed by atoms with Gasteiger partial charge in [-0.15, -0.1) is 0 Å². The molecule has 0 saturated carbocycles. The first kappa shape index (κ1) is 14.6. The topological polar surface area (TPSA) is 49.3 Å². The van der Waals surface area contributed by atoms with E-state index in [4.69, 9.17) is 16.7 Å². The molecule has 4 heteroatoms. The van der Waals surface area contributed by atoms with Gasteiger partial charge in [-0.1, -0.05) is 41.9 Å². The van der Waals surface area contributed by atoms with E-state index in [0.717, 1.165) is 11.1 Å². The molecule has 0 aliphatic heterocycles. The summed E-state index contributed by atoms with van der Waals surface area (Å²) in [6.07, 6.45) is 0.971. The summed E-state index contributed by atoms with van der Waals surface area (Å²) in [6, 6.07) is 14.7. The van der Waals surface area contributed by atoms with Gasteiger partial charge in [-0.05, 0) is 35.7 Å². The molecule has 0 heterocycles. The van der Waals surface area contributed by atoms with Crippen molar-refractivity contribution in [1.82, 2.24) is 0 Å². The fraction of sp³-hybridized carbons (Fsp3) is 0.188. The smallest absolute Gasteiger partial charge is 0.224 e. The molecule has 3 nitrogen and oxygen atoms in total. The predicted octanol–water partition coefficient (Wildman–Crippen LogP) is 3.40. The van der Waals surface area contributed by atoms with Crippen molar-refractivity contribution < 1.29 is 9.90 Å².